The summed E-state index contributed by atoms with van der Waals surface area (Å²) in [5.41, 5.74) is 3.79. The molecule has 0 radical (unpaired) electrons. The van der Waals surface area contributed by atoms with Crippen LogP contribution in [0.1, 0.15) is 23.6 Å². The van der Waals surface area contributed by atoms with Gasteiger partial charge in [0.25, 0.3) is 0 Å². The van der Waals surface area contributed by atoms with Crippen LogP contribution < -0.4 is 5.32 Å². The van der Waals surface area contributed by atoms with Gasteiger partial charge in [-0.2, -0.15) is 10.5 Å². The molecule has 2 atom stereocenters. The van der Waals surface area contributed by atoms with E-state index >= 15 is 0 Å². The minimum Gasteiger partial charge on any atom is -0.376 e. The van der Waals surface area contributed by atoms with Crippen LogP contribution in [0.5, 0.6) is 0 Å². The number of nitriles is 2. The number of rotatable bonds is 2. The van der Waals surface area contributed by atoms with E-state index in [1.165, 1.54) is 41.9 Å². The monoisotopic (exact) mass is 492 g/mol. The van der Waals surface area contributed by atoms with Gasteiger partial charge >= 0.3 is 0 Å². The topological polar surface area (TPSA) is 72.5 Å². The summed E-state index contributed by atoms with van der Waals surface area (Å²) < 4.78 is 2.47. The highest BCUT2D eigenvalue weighted by Gasteiger charge is 2.23. The molecule has 1 N–H and O–H groups in total. The number of allylic oxidation sites excluding steroid dienone is 1. The van der Waals surface area contributed by atoms with Gasteiger partial charge in [0, 0.05) is 32.3 Å². The highest BCUT2D eigenvalue weighted by molar-refractivity contribution is 7.26. The molecule has 0 bridgehead atoms. The predicted molar refractivity (Wildman–Crippen MR) is 151 cm³/mol. The molecule has 0 spiro atoms. The van der Waals surface area contributed by atoms with E-state index in [9.17, 15) is 10.5 Å². The lowest BCUT2D eigenvalue weighted by molar-refractivity contribution is 0.580. The summed E-state index contributed by atoms with van der Waals surface area (Å²) in [5.74, 6) is 0.180. The summed E-state index contributed by atoms with van der Waals surface area (Å²) in [7, 11) is 0. The van der Waals surface area contributed by atoms with Crippen molar-refractivity contribution in [1.29, 1.82) is 10.5 Å². The van der Waals surface area contributed by atoms with Crippen molar-refractivity contribution in [2.75, 3.05) is 0 Å². The van der Waals surface area contributed by atoms with E-state index in [2.05, 4.69) is 89.2 Å². The second-order valence-electron chi connectivity index (χ2n) is 9.42. The highest BCUT2D eigenvalue weighted by Crippen LogP contribution is 2.47. The first kappa shape index (κ1) is 21.6. The van der Waals surface area contributed by atoms with Gasteiger partial charge in [-0.25, -0.2) is 4.98 Å². The number of aromatic nitrogens is 1. The Morgan fingerprint density at radius 3 is 2.30 bits per heavy atom. The van der Waals surface area contributed by atoms with Gasteiger partial charge in [0.15, 0.2) is 0 Å². The summed E-state index contributed by atoms with van der Waals surface area (Å²) >= 11 is 1.81. The highest BCUT2D eigenvalue weighted by atomic mass is 32.1. The number of hydrogen-bond acceptors (Lipinski definition) is 5. The Kier molecular flexibility index (Phi) is 4.92. The van der Waals surface area contributed by atoms with Crippen LogP contribution in [0.4, 0.5) is 0 Å². The number of fused-ring (bicyclic) bond motifs is 7. The minimum absolute atomic E-state index is 0.180. The molecule has 4 aromatic carbocycles. The Hall–Kier alpha value is -4.71. The van der Waals surface area contributed by atoms with E-state index in [0.29, 0.717) is 5.69 Å². The Labute approximate surface area is 217 Å². The fourth-order valence-corrected chi connectivity index (χ4v) is 6.96. The summed E-state index contributed by atoms with van der Waals surface area (Å²) in [6, 6.07) is 30.0. The fraction of sp³-hybridized carbons (Fsp3) is 0.0938. The molecule has 2 aromatic heterocycles. The summed E-state index contributed by atoms with van der Waals surface area (Å²) in [5, 5.41) is 29.5. The summed E-state index contributed by atoms with van der Waals surface area (Å²) in [6.45, 7) is 0. The molecule has 0 amide bonds. The van der Waals surface area contributed by atoms with Gasteiger partial charge in [-0.3, -0.25) is 0 Å². The molecule has 5 heteroatoms. The average molecular weight is 493 g/mol. The van der Waals surface area contributed by atoms with Gasteiger partial charge in [0.05, 0.1) is 6.07 Å². The van der Waals surface area contributed by atoms with E-state index in [0.717, 1.165) is 22.9 Å². The van der Waals surface area contributed by atoms with Crippen LogP contribution in [-0.2, 0) is 0 Å². The molecule has 4 nitrogen and oxygen atoms in total. The van der Waals surface area contributed by atoms with Crippen molar-refractivity contribution in [1.82, 2.24) is 10.3 Å². The quantitative estimate of drug-likeness (QED) is 0.268. The maximum atomic E-state index is 9.52. The van der Waals surface area contributed by atoms with Crippen LogP contribution >= 0.6 is 11.3 Å². The van der Waals surface area contributed by atoms with Gasteiger partial charge in [-0.1, -0.05) is 54.6 Å². The zero-order valence-electron chi connectivity index (χ0n) is 19.8. The van der Waals surface area contributed by atoms with Crippen LogP contribution in [0.3, 0.4) is 0 Å². The van der Waals surface area contributed by atoms with Crippen molar-refractivity contribution >= 4 is 53.1 Å². The predicted octanol–water partition coefficient (Wildman–Crippen LogP) is 7.78. The largest absolute Gasteiger partial charge is 0.376 e. The Morgan fingerprint density at radius 2 is 1.54 bits per heavy atom. The number of thiophene rings is 1. The molecule has 0 fully saturated rings. The second kappa shape index (κ2) is 8.45. The van der Waals surface area contributed by atoms with E-state index in [4.69, 9.17) is 0 Å². The number of benzene rings is 4. The molecule has 6 aromatic rings. The first-order valence-corrected chi connectivity index (χ1v) is 13.1. The zero-order valence-corrected chi connectivity index (χ0v) is 20.6. The van der Waals surface area contributed by atoms with Crippen molar-refractivity contribution in [3.63, 3.8) is 0 Å². The summed E-state index contributed by atoms with van der Waals surface area (Å²) in [6.07, 6.45) is 6.57. The molecule has 0 saturated carbocycles. The van der Waals surface area contributed by atoms with Crippen LogP contribution in [0, 0.1) is 22.7 Å². The average Bonchev–Trinajstić information content (AvgIpc) is 3.35. The summed E-state index contributed by atoms with van der Waals surface area (Å²) in [4.78, 5) is 4.17. The van der Waals surface area contributed by atoms with Crippen LogP contribution in [0.2, 0.25) is 0 Å². The van der Waals surface area contributed by atoms with Crippen molar-refractivity contribution in [3.05, 3.63) is 103 Å². The molecule has 1 aliphatic heterocycles. The molecular formula is C32H20N4S. The zero-order chi connectivity index (χ0) is 24.9. The third kappa shape index (κ3) is 3.37. The number of pyridine rings is 1. The lowest BCUT2D eigenvalue weighted by Crippen LogP contribution is -2.28. The van der Waals surface area contributed by atoms with E-state index in [-0.39, 0.29) is 12.0 Å². The smallest absolute Gasteiger partial charge is 0.141 e. The molecule has 3 heterocycles. The molecule has 0 aliphatic carbocycles. The van der Waals surface area contributed by atoms with Gasteiger partial charge in [0.1, 0.15) is 17.8 Å². The molecule has 1 aliphatic rings. The van der Waals surface area contributed by atoms with Crippen LogP contribution in [0.25, 0.3) is 52.8 Å². The number of nitrogens with one attached hydrogen (secondary N) is 1. The minimum atomic E-state index is -0.183. The normalized spacial score (nSPS) is 17.1. The van der Waals surface area contributed by atoms with Gasteiger partial charge in [0.2, 0.25) is 0 Å². The van der Waals surface area contributed by atoms with E-state index in [1.807, 2.05) is 29.7 Å². The molecule has 2 unspecified atom stereocenters. The van der Waals surface area contributed by atoms with Crippen molar-refractivity contribution in [3.8, 4) is 23.3 Å². The number of nitrogens with zero attached hydrogens (tertiary/aromatic N) is 3. The maximum Gasteiger partial charge on any atom is 0.141 e. The number of hydrogen-bond donors (Lipinski definition) is 1. The van der Waals surface area contributed by atoms with Crippen molar-refractivity contribution in [2.24, 2.45) is 0 Å². The third-order valence-electron chi connectivity index (χ3n) is 7.38. The molecule has 0 saturated heterocycles. The van der Waals surface area contributed by atoms with Gasteiger partial charge in [-0.15, -0.1) is 11.3 Å². The first-order valence-electron chi connectivity index (χ1n) is 12.2. The molecule has 7 rings (SSSR count). The van der Waals surface area contributed by atoms with Crippen LogP contribution in [-0.4, -0.2) is 11.0 Å². The second-order valence-corrected chi connectivity index (χ2v) is 10.5. The Bertz CT molecular complexity index is 1990. The lowest BCUT2D eigenvalue weighted by Gasteiger charge is -2.23. The third-order valence-corrected chi connectivity index (χ3v) is 8.46. The maximum absolute atomic E-state index is 9.52. The first-order chi connectivity index (χ1) is 18.2. The molecular weight excluding hydrogens is 472 g/mol. The van der Waals surface area contributed by atoms with Crippen LogP contribution in [0.15, 0.2) is 91.3 Å². The SMILES string of the molecule is N#Cc1cc(-c2cc3sc4cc(C5C=CNC(C#N)C5)c5ccccc5c4c3c3ccccc23)ccn1. The lowest BCUT2D eigenvalue weighted by atomic mass is 9.86. The Balaban J connectivity index is 1.57. The van der Waals surface area contributed by atoms with E-state index < -0.39 is 0 Å². The van der Waals surface area contributed by atoms with Crippen molar-refractivity contribution in [2.45, 2.75) is 18.4 Å². The van der Waals surface area contributed by atoms with Gasteiger partial charge in [-0.05, 0) is 75.1 Å². The Morgan fingerprint density at radius 1 is 0.838 bits per heavy atom. The fourth-order valence-electron chi connectivity index (χ4n) is 5.74. The molecule has 174 valence electrons. The van der Waals surface area contributed by atoms with Gasteiger partial charge < -0.3 is 5.32 Å². The molecule has 37 heavy (non-hydrogen) atoms. The standard InChI is InChI=1S/C32H20N4S/c33-17-21-13-19(9-11-35-21)27-15-29-31(25-7-3-1-5-23(25)27)32-26-8-4-2-6-24(26)28(16-30(32)37-29)20-10-12-36-22(14-20)18-34/h1-13,15-16,20,22,36H,14H2. The van der Waals surface area contributed by atoms with E-state index in [1.54, 1.807) is 6.20 Å². The van der Waals surface area contributed by atoms with Crippen molar-refractivity contribution < 1.29 is 0 Å².